The predicted molar refractivity (Wildman–Crippen MR) is 67.3 cm³/mol. The summed E-state index contributed by atoms with van der Waals surface area (Å²) in [6.45, 7) is 5.42. The predicted octanol–water partition coefficient (Wildman–Crippen LogP) is 2.65. The first-order valence-electron chi connectivity index (χ1n) is 6.00. The summed E-state index contributed by atoms with van der Waals surface area (Å²) >= 11 is 0. The second-order valence-electron chi connectivity index (χ2n) is 3.61. The highest BCUT2D eigenvalue weighted by molar-refractivity contribution is 6.16. The molecule has 0 heterocycles. The Balaban J connectivity index is 4.40. The highest BCUT2D eigenvalue weighted by Gasteiger charge is 2.14. The molecule has 0 aromatic carbocycles. The van der Waals surface area contributed by atoms with E-state index in [1.807, 2.05) is 0 Å². The van der Waals surface area contributed by atoms with Gasteiger partial charge in [0.2, 0.25) is 0 Å². The van der Waals surface area contributed by atoms with Gasteiger partial charge in [-0.25, -0.2) is 4.79 Å². The third-order valence-corrected chi connectivity index (χ3v) is 2.10. The smallest absolute Gasteiger partial charge is 0.342 e. The Labute approximate surface area is 103 Å². The summed E-state index contributed by atoms with van der Waals surface area (Å²) in [6.07, 6.45) is 5.49. The van der Waals surface area contributed by atoms with Crippen LogP contribution < -0.4 is 0 Å². The Morgan fingerprint density at radius 2 is 1.94 bits per heavy atom. The van der Waals surface area contributed by atoms with E-state index in [-0.39, 0.29) is 18.0 Å². The van der Waals surface area contributed by atoms with Crippen LogP contribution in [0.2, 0.25) is 0 Å². The number of allylic oxidation sites excluding steroid dienone is 1. The van der Waals surface area contributed by atoms with E-state index in [1.54, 1.807) is 6.92 Å². The van der Waals surface area contributed by atoms with Crippen molar-refractivity contribution in [3.05, 3.63) is 11.6 Å². The molecule has 0 atom stereocenters. The highest BCUT2D eigenvalue weighted by atomic mass is 16.5. The summed E-state index contributed by atoms with van der Waals surface area (Å²) in [6, 6.07) is 0. The van der Waals surface area contributed by atoms with Crippen molar-refractivity contribution in [2.75, 3.05) is 6.61 Å². The lowest BCUT2D eigenvalue weighted by Crippen LogP contribution is -2.13. The molecule has 0 saturated carbocycles. The first-order valence-corrected chi connectivity index (χ1v) is 6.00. The van der Waals surface area contributed by atoms with Crippen LogP contribution in [0, 0.1) is 11.8 Å². The summed E-state index contributed by atoms with van der Waals surface area (Å²) in [5, 5.41) is 0. The first-order chi connectivity index (χ1) is 8.13. The molecule has 0 unspecified atom stereocenters. The summed E-state index contributed by atoms with van der Waals surface area (Å²) in [5.41, 5.74) is 0.0230. The lowest BCUT2D eigenvalue weighted by molar-refractivity contribution is -0.139. The number of hydrogen-bond acceptors (Lipinski definition) is 3. The van der Waals surface area contributed by atoms with E-state index in [9.17, 15) is 9.59 Å². The van der Waals surface area contributed by atoms with Crippen molar-refractivity contribution in [1.82, 2.24) is 0 Å². The van der Waals surface area contributed by atoms with Crippen molar-refractivity contribution in [3.63, 3.8) is 0 Å². The summed E-state index contributed by atoms with van der Waals surface area (Å²) < 4.78 is 4.77. The van der Waals surface area contributed by atoms with Gasteiger partial charge in [0.15, 0.2) is 5.78 Å². The van der Waals surface area contributed by atoms with Gasteiger partial charge in [-0.2, -0.15) is 0 Å². The van der Waals surface area contributed by atoms with Gasteiger partial charge in [0, 0.05) is 12.5 Å². The maximum Gasteiger partial charge on any atom is 0.342 e. The minimum absolute atomic E-state index is 0.0230. The zero-order valence-electron chi connectivity index (χ0n) is 10.8. The molecule has 0 spiro atoms. The van der Waals surface area contributed by atoms with Crippen LogP contribution in [0.1, 0.15) is 46.5 Å². The zero-order chi connectivity index (χ0) is 13.1. The van der Waals surface area contributed by atoms with Crippen molar-refractivity contribution >= 4 is 11.8 Å². The van der Waals surface area contributed by atoms with Crippen LogP contribution in [-0.2, 0) is 14.3 Å². The van der Waals surface area contributed by atoms with E-state index in [0.29, 0.717) is 0 Å². The lowest BCUT2D eigenvalue weighted by Gasteiger charge is -2.00. The minimum atomic E-state index is -0.595. The Kier molecular flexibility index (Phi) is 8.77. The molecule has 0 aliphatic rings. The summed E-state index contributed by atoms with van der Waals surface area (Å²) in [4.78, 5) is 22.6. The maximum atomic E-state index is 11.4. The van der Waals surface area contributed by atoms with Gasteiger partial charge in [-0.05, 0) is 20.3 Å². The molecule has 0 amide bonds. The van der Waals surface area contributed by atoms with Crippen LogP contribution >= 0.6 is 0 Å². The molecule has 0 aliphatic carbocycles. The van der Waals surface area contributed by atoms with Crippen LogP contribution in [0.5, 0.6) is 0 Å². The van der Waals surface area contributed by atoms with Crippen LogP contribution in [0.15, 0.2) is 11.6 Å². The molecule has 0 radical (unpaired) electrons. The minimum Gasteiger partial charge on any atom is -0.462 e. The Morgan fingerprint density at radius 1 is 1.24 bits per heavy atom. The Morgan fingerprint density at radius 3 is 2.47 bits per heavy atom. The van der Waals surface area contributed by atoms with Gasteiger partial charge in [-0.15, -0.1) is 0 Å². The third kappa shape index (κ3) is 7.35. The van der Waals surface area contributed by atoms with Crippen molar-refractivity contribution in [1.29, 1.82) is 0 Å². The van der Waals surface area contributed by atoms with E-state index in [2.05, 4.69) is 18.8 Å². The molecule has 0 fully saturated rings. The number of carbonyl (C=O) groups is 2. The number of hydrogen-bond donors (Lipinski definition) is 0. The van der Waals surface area contributed by atoms with Gasteiger partial charge in [-0.3, -0.25) is 4.79 Å². The molecule has 0 aromatic rings. The van der Waals surface area contributed by atoms with Gasteiger partial charge in [0.25, 0.3) is 0 Å². The van der Waals surface area contributed by atoms with Crippen molar-refractivity contribution in [3.8, 4) is 11.8 Å². The van der Waals surface area contributed by atoms with Gasteiger partial charge < -0.3 is 4.74 Å². The van der Waals surface area contributed by atoms with E-state index < -0.39 is 5.97 Å². The second kappa shape index (κ2) is 9.65. The number of esters is 1. The van der Waals surface area contributed by atoms with Gasteiger partial charge in [-0.1, -0.05) is 31.6 Å². The van der Waals surface area contributed by atoms with Crippen molar-refractivity contribution < 1.29 is 14.3 Å². The normalized spacial score (nSPS) is 10.4. The Bertz CT molecular complexity index is 342. The van der Waals surface area contributed by atoms with E-state index in [1.165, 1.54) is 13.0 Å². The van der Waals surface area contributed by atoms with Gasteiger partial charge in [0.1, 0.15) is 5.57 Å². The fraction of sp³-hybridized carbons (Fsp3) is 0.571. The number of unbranched alkanes of at least 4 members (excludes halogenated alkanes) is 3. The van der Waals surface area contributed by atoms with Crippen LogP contribution in [0.3, 0.4) is 0 Å². The number of ether oxygens (including phenoxy) is 1. The van der Waals surface area contributed by atoms with E-state index >= 15 is 0 Å². The standard InChI is InChI=1S/C14H20O3/c1-4-6-7-8-9-10-11-13(12(3)15)14(16)17-5-2/h11H,4-8H2,1-3H3/b13-11+. The zero-order valence-corrected chi connectivity index (χ0v) is 10.8. The molecule has 0 aromatic heterocycles. The fourth-order valence-corrected chi connectivity index (χ4v) is 1.17. The molecular formula is C14H20O3. The molecule has 0 aliphatic heterocycles. The molecule has 0 saturated heterocycles. The van der Waals surface area contributed by atoms with Crippen LogP contribution in [0.4, 0.5) is 0 Å². The molecule has 94 valence electrons. The first kappa shape index (κ1) is 15.4. The molecular weight excluding hydrogens is 216 g/mol. The third-order valence-electron chi connectivity index (χ3n) is 2.10. The molecule has 0 bridgehead atoms. The second-order valence-corrected chi connectivity index (χ2v) is 3.61. The van der Waals surface area contributed by atoms with Crippen LogP contribution in [0.25, 0.3) is 0 Å². The molecule has 3 heteroatoms. The monoisotopic (exact) mass is 236 g/mol. The Hall–Kier alpha value is -1.56. The van der Waals surface area contributed by atoms with Gasteiger partial charge in [0.05, 0.1) is 6.61 Å². The molecule has 0 rings (SSSR count). The highest BCUT2D eigenvalue weighted by Crippen LogP contribution is 2.00. The van der Waals surface area contributed by atoms with E-state index in [4.69, 9.17) is 4.74 Å². The molecule has 17 heavy (non-hydrogen) atoms. The average Bonchev–Trinajstić information content (AvgIpc) is 2.27. The topological polar surface area (TPSA) is 43.4 Å². The molecule has 0 N–H and O–H groups in total. The number of ketones is 1. The SMILES string of the molecule is CCCCCC#C/C=C(\C(C)=O)C(=O)OCC. The number of carbonyl (C=O) groups excluding carboxylic acids is 2. The van der Waals surface area contributed by atoms with E-state index in [0.717, 1.165) is 25.7 Å². The van der Waals surface area contributed by atoms with Gasteiger partial charge >= 0.3 is 5.97 Å². The van der Waals surface area contributed by atoms with Crippen molar-refractivity contribution in [2.24, 2.45) is 0 Å². The largest absolute Gasteiger partial charge is 0.462 e. The summed E-state index contributed by atoms with van der Waals surface area (Å²) in [7, 11) is 0. The van der Waals surface area contributed by atoms with Crippen molar-refractivity contribution in [2.45, 2.75) is 46.5 Å². The molecule has 3 nitrogen and oxygen atoms in total. The average molecular weight is 236 g/mol. The fourth-order valence-electron chi connectivity index (χ4n) is 1.17. The summed E-state index contributed by atoms with van der Waals surface area (Å²) in [5.74, 6) is 4.74. The quantitative estimate of drug-likeness (QED) is 0.178. The lowest BCUT2D eigenvalue weighted by atomic mass is 10.1. The number of rotatable bonds is 6. The van der Waals surface area contributed by atoms with Crippen LogP contribution in [-0.4, -0.2) is 18.4 Å². The number of Topliss-reactive ketones (excluding diaryl/α,β-unsaturated/α-hetero) is 1. The maximum absolute atomic E-state index is 11.4.